The van der Waals surface area contributed by atoms with Crippen molar-refractivity contribution in [1.29, 1.82) is 0 Å². The molecule has 8 nitrogen and oxygen atoms in total. The van der Waals surface area contributed by atoms with Gasteiger partial charge >= 0.3 is 18.0 Å². The van der Waals surface area contributed by atoms with Gasteiger partial charge in [-0.1, -0.05) is 155 Å². The summed E-state index contributed by atoms with van der Waals surface area (Å²) in [6.07, 6.45) is 39.7. The number of carbonyl (C=O) groups is 3. The molecule has 8 heteroatoms. The van der Waals surface area contributed by atoms with Crippen LogP contribution in [0.5, 0.6) is 0 Å². The third kappa shape index (κ3) is 37.9. The van der Waals surface area contributed by atoms with Crippen molar-refractivity contribution in [1.82, 2.24) is 10.2 Å². The molecular formula is C46H86N2O6. The number of likely N-dealkylation sites (N-methyl/N-ethyl adjacent to an activating group) is 1. The first-order valence-electron chi connectivity index (χ1n) is 22.7. The molecule has 0 heterocycles. The van der Waals surface area contributed by atoms with E-state index in [2.05, 4.69) is 62.2 Å². The lowest BCUT2D eigenvalue weighted by atomic mass is 10.1. The summed E-state index contributed by atoms with van der Waals surface area (Å²) in [5.41, 5.74) is 0. The quantitative estimate of drug-likeness (QED) is 0.0287. The highest BCUT2D eigenvalue weighted by Crippen LogP contribution is 2.13. The summed E-state index contributed by atoms with van der Waals surface area (Å²) in [5.74, 6) is -0.661. The van der Waals surface area contributed by atoms with Crippen LogP contribution >= 0.6 is 0 Å². The van der Waals surface area contributed by atoms with Gasteiger partial charge < -0.3 is 24.4 Å². The van der Waals surface area contributed by atoms with Crippen molar-refractivity contribution in [3.8, 4) is 0 Å². The Kier molecular flexibility index (Phi) is 40.0. The Balaban J connectivity index is 4.31. The molecule has 0 aliphatic heterocycles. The number of hydrogen-bond donors (Lipinski definition) is 1. The molecule has 0 bridgehead atoms. The molecule has 0 rings (SSSR count). The highest BCUT2D eigenvalue weighted by atomic mass is 16.6. The van der Waals surface area contributed by atoms with Crippen molar-refractivity contribution < 1.29 is 28.6 Å². The highest BCUT2D eigenvalue weighted by Gasteiger charge is 2.19. The normalized spacial score (nSPS) is 12.2. The molecule has 0 spiro atoms. The zero-order chi connectivity index (χ0) is 39.6. The van der Waals surface area contributed by atoms with Crippen molar-refractivity contribution >= 4 is 18.0 Å². The van der Waals surface area contributed by atoms with Crippen molar-refractivity contribution in [2.24, 2.45) is 0 Å². The van der Waals surface area contributed by atoms with Crippen molar-refractivity contribution in [2.75, 3.05) is 39.4 Å². The first-order valence-corrected chi connectivity index (χ1v) is 22.7. The molecule has 0 aliphatic carbocycles. The van der Waals surface area contributed by atoms with Gasteiger partial charge in [0.1, 0.15) is 13.2 Å². The maximum absolute atomic E-state index is 12.7. The van der Waals surface area contributed by atoms with Crippen LogP contribution in [0.15, 0.2) is 24.3 Å². The van der Waals surface area contributed by atoms with Crippen LogP contribution in [0.4, 0.5) is 4.79 Å². The van der Waals surface area contributed by atoms with Gasteiger partial charge in [0.15, 0.2) is 6.10 Å². The van der Waals surface area contributed by atoms with Gasteiger partial charge in [0, 0.05) is 25.9 Å². The Hall–Kier alpha value is -2.35. The number of amides is 1. The monoisotopic (exact) mass is 763 g/mol. The van der Waals surface area contributed by atoms with Crippen LogP contribution in [0.2, 0.25) is 0 Å². The number of unbranched alkanes of at least 4 members (excludes halogenated alkanes) is 22. The summed E-state index contributed by atoms with van der Waals surface area (Å²) in [6.45, 7) is 11.4. The summed E-state index contributed by atoms with van der Waals surface area (Å²) in [5, 5.41) is 2.75. The van der Waals surface area contributed by atoms with Crippen LogP contribution in [0.25, 0.3) is 0 Å². The molecule has 0 saturated carbocycles. The van der Waals surface area contributed by atoms with Crippen LogP contribution in [0.3, 0.4) is 0 Å². The first kappa shape index (κ1) is 51.6. The molecule has 0 aliphatic rings. The van der Waals surface area contributed by atoms with Crippen molar-refractivity contribution in [2.45, 2.75) is 214 Å². The maximum Gasteiger partial charge on any atom is 0.407 e. The second-order valence-corrected chi connectivity index (χ2v) is 15.0. The van der Waals surface area contributed by atoms with Gasteiger partial charge in [0.2, 0.25) is 0 Å². The van der Waals surface area contributed by atoms with Gasteiger partial charge in [-0.05, 0) is 77.3 Å². The van der Waals surface area contributed by atoms with Crippen LogP contribution in [-0.2, 0) is 23.8 Å². The van der Waals surface area contributed by atoms with Crippen molar-refractivity contribution in [3.63, 3.8) is 0 Å². The van der Waals surface area contributed by atoms with E-state index in [0.717, 1.165) is 77.4 Å². The Morgan fingerprint density at radius 2 is 0.889 bits per heavy atom. The number of nitrogens with zero attached hydrogens (tertiary/aromatic N) is 1. The minimum absolute atomic E-state index is 0.116. The third-order valence-electron chi connectivity index (χ3n) is 10.0. The number of rotatable bonds is 40. The zero-order valence-corrected chi connectivity index (χ0v) is 35.8. The zero-order valence-electron chi connectivity index (χ0n) is 35.8. The van der Waals surface area contributed by atoms with E-state index in [1.807, 2.05) is 0 Å². The smallest absolute Gasteiger partial charge is 0.407 e. The molecule has 0 aromatic rings. The number of nitrogens with one attached hydrogen (secondary N) is 1. The van der Waals surface area contributed by atoms with Crippen LogP contribution in [-0.4, -0.2) is 68.4 Å². The average molecular weight is 763 g/mol. The Labute approximate surface area is 333 Å². The predicted octanol–water partition coefficient (Wildman–Crippen LogP) is 12.6. The fourth-order valence-electron chi connectivity index (χ4n) is 6.37. The summed E-state index contributed by atoms with van der Waals surface area (Å²) in [6, 6.07) is 0. The molecule has 1 atom stereocenters. The molecular weight excluding hydrogens is 677 g/mol. The molecule has 0 aromatic heterocycles. The van der Waals surface area contributed by atoms with E-state index < -0.39 is 12.2 Å². The minimum atomic E-state index is -0.827. The summed E-state index contributed by atoms with van der Waals surface area (Å²) >= 11 is 0. The standard InChI is InChI=1S/C46H86N2O6/c1-5-9-11-13-15-17-19-21-23-25-27-29-31-33-35-37-44(49)52-41-43(42-53-46(51)47-39-40-48(7-3)8-4)54-45(50)38-36-34-32-30-28-26-24-22-20-18-16-14-12-10-6-2/h21-24,43H,5-20,25-42H2,1-4H3,(H,47,51). The molecule has 1 amide bonds. The Bertz CT molecular complexity index is 904. The van der Waals surface area contributed by atoms with Gasteiger partial charge in [0.25, 0.3) is 0 Å². The van der Waals surface area contributed by atoms with E-state index in [-0.39, 0.29) is 25.2 Å². The first-order chi connectivity index (χ1) is 26.5. The molecule has 0 aromatic carbocycles. The molecule has 0 radical (unpaired) electrons. The Morgan fingerprint density at radius 3 is 1.33 bits per heavy atom. The number of hydrogen-bond acceptors (Lipinski definition) is 7. The van der Waals surface area contributed by atoms with E-state index in [1.54, 1.807) is 0 Å². The van der Waals surface area contributed by atoms with Gasteiger partial charge in [-0.2, -0.15) is 0 Å². The molecule has 1 N–H and O–H groups in total. The second kappa shape index (κ2) is 41.8. The van der Waals surface area contributed by atoms with E-state index in [9.17, 15) is 14.4 Å². The number of alkyl carbamates (subject to hydrolysis) is 1. The minimum Gasteiger partial charge on any atom is -0.462 e. The Morgan fingerprint density at radius 1 is 0.500 bits per heavy atom. The number of esters is 2. The number of carbonyl (C=O) groups excluding carboxylic acids is 3. The van der Waals surface area contributed by atoms with E-state index in [4.69, 9.17) is 14.2 Å². The summed E-state index contributed by atoms with van der Waals surface area (Å²) in [7, 11) is 0. The lowest BCUT2D eigenvalue weighted by Crippen LogP contribution is -2.37. The van der Waals surface area contributed by atoms with Gasteiger partial charge in [-0.15, -0.1) is 0 Å². The van der Waals surface area contributed by atoms with E-state index in [1.165, 1.54) is 109 Å². The molecule has 0 fully saturated rings. The third-order valence-corrected chi connectivity index (χ3v) is 10.0. The van der Waals surface area contributed by atoms with Gasteiger partial charge in [0.05, 0.1) is 0 Å². The van der Waals surface area contributed by atoms with Crippen LogP contribution in [0, 0.1) is 0 Å². The van der Waals surface area contributed by atoms with E-state index in [0.29, 0.717) is 19.4 Å². The molecule has 0 saturated heterocycles. The number of allylic oxidation sites excluding steroid dienone is 4. The van der Waals surface area contributed by atoms with E-state index >= 15 is 0 Å². The predicted molar refractivity (Wildman–Crippen MR) is 227 cm³/mol. The lowest BCUT2D eigenvalue weighted by molar-refractivity contribution is -0.161. The summed E-state index contributed by atoms with van der Waals surface area (Å²) in [4.78, 5) is 39.7. The largest absolute Gasteiger partial charge is 0.462 e. The van der Waals surface area contributed by atoms with Crippen LogP contribution in [0.1, 0.15) is 207 Å². The maximum atomic E-state index is 12.7. The SMILES string of the molecule is CCCCCCCCC=CCCCCCCCC(=O)OCC(COC(=O)NCCN(CC)CC)OC(=O)CCCCCCCC=CCCCCCCCC. The van der Waals surface area contributed by atoms with Gasteiger partial charge in [-0.25, -0.2) is 4.79 Å². The van der Waals surface area contributed by atoms with Gasteiger partial charge in [-0.3, -0.25) is 9.59 Å². The van der Waals surface area contributed by atoms with Crippen molar-refractivity contribution in [3.05, 3.63) is 24.3 Å². The molecule has 54 heavy (non-hydrogen) atoms. The number of ether oxygens (including phenoxy) is 3. The fraction of sp³-hybridized carbons (Fsp3) is 0.848. The second-order valence-electron chi connectivity index (χ2n) is 15.0. The average Bonchev–Trinajstić information content (AvgIpc) is 3.17. The fourth-order valence-corrected chi connectivity index (χ4v) is 6.37. The molecule has 316 valence electrons. The summed E-state index contributed by atoms with van der Waals surface area (Å²) < 4.78 is 16.5. The lowest BCUT2D eigenvalue weighted by Gasteiger charge is -2.20. The topological polar surface area (TPSA) is 94.2 Å². The molecule has 1 unspecified atom stereocenters. The van der Waals surface area contributed by atoms with Crippen LogP contribution < -0.4 is 5.32 Å². The highest BCUT2D eigenvalue weighted by molar-refractivity contribution is 5.70.